The number of terminal acetylenes is 1. The Balaban J connectivity index is 1.31. The average molecular weight is 711 g/mol. The number of carbonyl (C=O) groups is 3. The normalized spacial score (nSPS) is 21.1. The van der Waals surface area contributed by atoms with Gasteiger partial charge < -0.3 is 42.8 Å². The number of anilines is 1. The second kappa shape index (κ2) is 19.5. The number of ether oxygens (including phenoxy) is 8. The van der Waals surface area contributed by atoms with Crippen molar-refractivity contribution in [2.75, 3.05) is 97.1 Å². The summed E-state index contributed by atoms with van der Waals surface area (Å²) >= 11 is 6.41. The van der Waals surface area contributed by atoms with Crippen LogP contribution in [0.15, 0.2) is 6.20 Å². The topological polar surface area (TPSA) is 175 Å². The van der Waals surface area contributed by atoms with E-state index in [0.717, 1.165) is 19.6 Å². The molecule has 0 saturated carbocycles. The minimum absolute atomic E-state index is 0.0158. The van der Waals surface area contributed by atoms with Crippen molar-refractivity contribution in [3.63, 3.8) is 0 Å². The molecule has 0 radical (unpaired) electrons. The molecule has 18 heteroatoms. The van der Waals surface area contributed by atoms with Crippen LogP contribution in [0.25, 0.3) is 11.0 Å². The summed E-state index contributed by atoms with van der Waals surface area (Å²) in [5, 5.41) is 5.08. The molecule has 0 aliphatic carbocycles. The highest BCUT2D eigenvalue weighted by Crippen LogP contribution is 2.37. The van der Waals surface area contributed by atoms with E-state index in [1.807, 2.05) is 0 Å². The van der Waals surface area contributed by atoms with Gasteiger partial charge in [0.25, 0.3) is 0 Å². The van der Waals surface area contributed by atoms with Crippen molar-refractivity contribution in [3.05, 3.63) is 11.5 Å². The van der Waals surface area contributed by atoms with Gasteiger partial charge in [-0.25, -0.2) is 4.68 Å². The number of halogens is 1. The molecule has 0 N–H and O–H groups in total. The van der Waals surface area contributed by atoms with Crippen LogP contribution in [-0.4, -0.2) is 153 Å². The van der Waals surface area contributed by atoms with Crippen LogP contribution >= 0.6 is 11.6 Å². The summed E-state index contributed by atoms with van der Waals surface area (Å²) in [6, 6.07) is 0. The first-order valence-corrected chi connectivity index (χ1v) is 16.3. The third-order valence-electron chi connectivity index (χ3n) is 7.51. The molecule has 2 aromatic heterocycles. The van der Waals surface area contributed by atoms with E-state index in [9.17, 15) is 14.4 Å². The minimum Gasteiger partial charge on any atom is -0.463 e. The Kier molecular flexibility index (Phi) is 15.2. The Morgan fingerprint density at radius 2 is 1.49 bits per heavy atom. The molecule has 2 saturated heterocycles. The molecule has 2 fully saturated rings. The second-order valence-corrected chi connectivity index (χ2v) is 11.4. The van der Waals surface area contributed by atoms with Gasteiger partial charge in [0.1, 0.15) is 25.1 Å². The molecule has 2 aromatic rings. The summed E-state index contributed by atoms with van der Waals surface area (Å²) in [5.41, 5.74) is 0.325. The van der Waals surface area contributed by atoms with Crippen molar-refractivity contribution in [3.8, 4) is 12.3 Å². The molecule has 270 valence electrons. The summed E-state index contributed by atoms with van der Waals surface area (Å²) in [7, 11) is 0. The van der Waals surface area contributed by atoms with Crippen LogP contribution in [0.4, 0.5) is 5.82 Å². The molecule has 0 unspecified atom stereocenters. The van der Waals surface area contributed by atoms with Crippen LogP contribution in [0.2, 0.25) is 5.28 Å². The van der Waals surface area contributed by atoms with Crippen LogP contribution in [0.3, 0.4) is 0 Å². The zero-order valence-corrected chi connectivity index (χ0v) is 28.7. The van der Waals surface area contributed by atoms with E-state index >= 15 is 0 Å². The highest BCUT2D eigenvalue weighted by Gasteiger charge is 2.51. The first-order chi connectivity index (χ1) is 23.7. The van der Waals surface area contributed by atoms with Gasteiger partial charge in [0.2, 0.25) is 5.28 Å². The maximum Gasteiger partial charge on any atom is 0.303 e. The van der Waals surface area contributed by atoms with Gasteiger partial charge in [-0.1, -0.05) is 5.92 Å². The van der Waals surface area contributed by atoms with Gasteiger partial charge in [0.05, 0.1) is 57.8 Å². The maximum atomic E-state index is 12.1. The standard InChI is InChI=1S/C31H43ClN6O11/c1-5-11-42-13-15-44-17-18-45-16-14-43-12-10-36-6-8-37(9-7-36)28-24-19-33-38(29(24)35-31(32)34-28)30-27(48-23(4)41)26(47-22(3)40)25(49-30)20-46-21(2)39/h1,19,25-27,30H,6-18,20H2,2-4H3/t25-,26-,27-,30-/m1/s1. The fourth-order valence-corrected chi connectivity index (χ4v) is 5.53. The third-order valence-corrected chi connectivity index (χ3v) is 7.68. The number of esters is 3. The van der Waals surface area contributed by atoms with Crippen LogP contribution in [0.5, 0.6) is 0 Å². The van der Waals surface area contributed by atoms with Gasteiger partial charge in [0, 0.05) is 53.5 Å². The number of rotatable bonds is 19. The lowest BCUT2D eigenvalue weighted by Crippen LogP contribution is -2.47. The summed E-state index contributed by atoms with van der Waals surface area (Å²) < 4.78 is 45.5. The van der Waals surface area contributed by atoms with Gasteiger partial charge in [0.15, 0.2) is 24.1 Å². The van der Waals surface area contributed by atoms with Crippen molar-refractivity contribution in [2.24, 2.45) is 0 Å². The Morgan fingerprint density at radius 1 is 0.878 bits per heavy atom. The zero-order chi connectivity index (χ0) is 35.2. The first kappa shape index (κ1) is 38.2. The number of hydrogen-bond donors (Lipinski definition) is 0. The van der Waals surface area contributed by atoms with E-state index in [1.165, 1.54) is 25.5 Å². The van der Waals surface area contributed by atoms with Gasteiger partial charge in [-0.05, 0) is 11.6 Å². The van der Waals surface area contributed by atoms with Crippen LogP contribution in [-0.2, 0) is 52.3 Å². The summed E-state index contributed by atoms with van der Waals surface area (Å²) in [6.45, 7) is 10.8. The largest absolute Gasteiger partial charge is 0.463 e. The monoisotopic (exact) mass is 710 g/mol. The third kappa shape index (κ3) is 11.5. The van der Waals surface area contributed by atoms with Crippen LogP contribution in [0.1, 0.15) is 27.0 Å². The van der Waals surface area contributed by atoms with Crippen molar-refractivity contribution < 1.29 is 52.3 Å². The van der Waals surface area contributed by atoms with E-state index in [4.69, 9.17) is 55.9 Å². The van der Waals surface area contributed by atoms with Crippen molar-refractivity contribution in [2.45, 2.75) is 45.3 Å². The van der Waals surface area contributed by atoms with Crippen molar-refractivity contribution in [1.82, 2.24) is 24.6 Å². The predicted octanol–water partition coefficient (Wildman–Crippen LogP) is 0.625. The van der Waals surface area contributed by atoms with Crippen molar-refractivity contribution in [1.29, 1.82) is 0 Å². The molecule has 49 heavy (non-hydrogen) atoms. The molecule has 17 nitrogen and oxygen atoms in total. The van der Waals surface area contributed by atoms with Crippen LogP contribution < -0.4 is 4.90 Å². The minimum atomic E-state index is -1.12. The fourth-order valence-electron chi connectivity index (χ4n) is 5.37. The van der Waals surface area contributed by atoms with E-state index in [2.05, 4.69) is 30.8 Å². The highest BCUT2D eigenvalue weighted by molar-refractivity contribution is 6.28. The first-order valence-electron chi connectivity index (χ1n) is 15.9. The van der Waals surface area contributed by atoms with E-state index in [-0.39, 0.29) is 18.5 Å². The molecule has 0 spiro atoms. The maximum absolute atomic E-state index is 12.1. The number of hydrogen-bond acceptors (Lipinski definition) is 16. The lowest BCUT2D eigenvalue weighted by Gasteiger charge is -2.35. The number of nitrogens with zero attached hydrogens (tertiary/aromatic N) is 6. The molecular weight excluding hydrogens is 668 g/mol. The van der Waals surface area contributed by atoms with Gasteiger partial charge in [-0.3, -0.25) is 19.3 Å². The van der Waals surface area contributed by atoms with E-state index < -0.39 is 42.4 Å². The lowest BCUT2D eigenvalue weighted by atomic mass is 10.1. The molecular formula is C31H43ClN6O11. The Labute approximate surface area is 289 Å². The molecule has 2 aliphatic rings. The SMILES string of the molecule is C#CCOCCOCCOCCOCCN1CCN(c2nc(Cl)nc3c2cnn3[C@@H]2O[C@H](COC(C)=O)[C@@H](OC(C)=O)[C@H]2OC(C)=O)CC1. The van der Waals surface area contributed by atoms with Gasteiger partial charge >= 0.3 is 17.9 Å². The van der Waals surface area contributed by atoms with Crippen LogP contribution in [0, 0.1) is 12.3 Å². The average Bonchev–Trinajstić information content (AvgIpc) is 3.62. The molecule has 4 heterocycles. The number of piperazine rings is 1. The number of aromatic nitrogens is 4. The summed E-state index contributed by atoms with van der Waals surface area (Å²) in [4.78, 5) is 48.9. The number of carbonyl (C=O) groups excluding carboxylic acids is 3. The number of fused-ring (bicyclic) bond motifs is 1. The van der Waals surface area contributed by atoms with E-state index in [0.29, 0.717) is 76.2 Å². The molecule has 4 rings (SSSR count). The molecule has 2 aliphatic heterocycles. The smallest absolute Gasteiger partial charge is 0.303 e. The quantitative estimate of drug-likeness (QED) is 0.0652. The Morgan fingerprint density at radius 3 is 2.10 bits per heavy atom. The summed E-state index contributed by atoms with van der Waals surface area (Å²) in [6.07, 6.45) is 2.47. The zero-order valence-electron chi connectivity index (χ0n) is 27.9. The Bertz CT molecular complexity index is 1430. The van der Waals surface area contributed by atoms with Gasteiger partial charge in [-0.15, -0.1) is 6.42 Å². The van der Waals surface area contributed by atoms with Crippen molar-refractivity contribution >= 4 is 46.4 Å². The lowest BCUT2D eigenvalue weighted by molar-refractivity contribution is -0.166. The fraction of sp³-hybridized carbons (Fsp3) is 0.677. The summed E-state index contributed by atoms with van der Waals surface area (Å²) in [5.74, 6) is 1.17. The predicted molar refractivity (Wildman–Crippen MR) is 173 cm³/mol. The molecule has 0 amide bonds. The highest BCUT2D eigenvalue weighted by atomic mass is 35.5. The second-order valence-electron chi connectivity index (χ2n) is 11.1. The van der Waals surface area contributed by atoms with Gasteiger partial charge in [-0.2, -0.15) is 15.1 Å². The molecule has 0 bridgehead atoms. The molecule has 0 aromatic carbocycles. The van der Waals surface area contributed by atoms with E-state index in [1.54, 1.807) is 6.20 Å². The molecule has 4 atom stereocenters. The Hall–Kier alpha value is -3.63.